The van der Waals surface area contributed by atoms with Gasteiger partial charge >= 0.3 is 0 Å². The van der Waals surface area contributed by atoms with Crippen LogP contribution in [0.15, 0.2) is 4.79 Å². The third kappa shape index (κ3) is 3.06. The van der Waals surface area contributed by atoms with E-state index in [4.69, 9.17) is 5.11 Å². The van der Waals surface area contributed by atoms with Crippen LogP contribution in [0.1, 0.15) is 23.2 Å². The molecule has 0 aliphatic heterocycles. The first-order valence-corrected chi connectivity index (χ1v) is 7.18. The number of thiophene rings is 1. The average Bonchev–Trinajstić information content (AvgIpc) is 2.65. The van der Waals surface area contributed by atoms with Crippen LogP contribution >= 0.6 is 11.3 Å². The Morgan fingerprint density at radius 3 is 2.80 bits per heavy atom. The van der Waals surface area contributed by atoms with Gasteiger partial charge in [0.05, 0.1) is 24.1 Å². The number of aliphatic hydroxyl groups excluding tert-OH is 1. The van der Waals surface area contributed by atoms with E-state index in [1.807, 2.05) is 13.8 Å². The van der Waals surface area contributed by atoms with E-state index in [1.54, 1.807) is 0 Å². The van der Waals surface area contributed by atoms with Gasteiger partial charge in [-0.1, -0.05) is 0 Å². The molecule has 0 radical (unpaired) electrons. The van der Waals surface area contributed by atoms with Crippen molar-refractivity contribution in [1.29, 1.82) is 0 Å². The summed E-state index contributed by atoms with van der Waals surface area (Å²) in [5, 5.41) is 22.2. The number of hydrogen-bond donors (Lipinski definition) is 4. The second kappa shape index (κ2) is 5.61. The van der Waals surface area contributed by atoms with Crippen LogP contribution in [0.2, 0.25) is 0 Å². The normalized spacial score (nSPS) is 14.7. The highest BCUT2D eigenvalue weighted by molar-refractivity contribution is 7.18. The Kier molecular flexibility index (Phi) is 4.24. The number of H-pyrrole nitrogens is 1. The number of aromatic amines is 1. The fourth-order valence-electron chi connectivity index (χ4n) is 1.89. The first-order valence-electron chi connectivity index (χ1n) is 6.37. The molecule has 0 aromatic carbocycles. The lowest BCUT2D eigenvalue weighted by atomic mass is 10.1. The van der Waals surface area contributed by atoms with Gasteiger partial charge in [-0.15, -0.1) is 11.3 Å². The van der Waals surface area contributed by atoms with Crippen LogP contribution < -0.4 is 10.9 Å². The molecule has 0 bridgehead atoms. The molecule has 4 N–H and O–H groups in total. The molecule has 6 nitrogen and oxygen atoms in total. The Bertz CT molecular complexity index is 675. The molecule has 0 fully saturated rings. The van der Waals surface area contributed by atoms with E-state index in [0.717, 1.165) is 15.3 Å². The van der Waals surface area contributed by atoms with E-state index in [1.165, 1.54) is 18.3 Å². The fraction of sp³-hybridized carbons (Fsp3) is 0.538. The standard InChI is InChI=1S/C13H19N3O3S/c1-7-8(2)20-12-10(7)11(18)15-9(16-12)4-14-5-13(3,19)6-17/h14,17,19H,4-6H2,1-3H3,(H,15,16,18). The van der Waals surface area contributed by atoms with Gasteiger partial charge in [0.2, 0.25) is 0 Å². The molecule has 2 aromatic heterocycles. The molecule has 2 heterocycles. The van der Waals surface area contributed by atoms with Gasteiger partial charge in [0.15, 0.2) is 0 Å². The van der Waals surface area contributed by atoms with Crippen LogP contribution in [-0.4, -0.2) is 38.9 Å². The number of rotatable bonds is 5. The number of hydrogen-bond acceptors (Lipinski definition) is 6. The molecule has 110 valence electrons. The summed E-state index contributed by atoms with van der Waals surface area (Å²) in [6, 6.07) is 0. The third-order valence-electron chi connectivity index (χ3n) is 3.23. The summed E-state index contributed by atoms with van der Waals surface area (Å²) in [4.78, 5) is 21.0. The Labute approximate surface area is 120 Å². The van der Waals surface area contributed by atoms with Crippen LogP contribution in [0.3, 0.4) is 0 Å². The molecule has 0 amide bonds. The zero-order valence-electron chi connectivity index (χ0n) is 11.8. The van der Waals surface area contributed by atoms with E-state index in [2.05, 4.69) is 15.3 Å². The summed E-state index contributed by atoms with van der Waals surface area (Å²) >= 11 is 1.50. The van der Waals surface area contributed by atoms with Gasteiger partial charge < -0.3 is 20.5 Å². The minimum Gasteiger partial charge on any atom is -0.393 e. The van der Waals surface area contributed by atoms with E-state index < -0.39 is 5.60 Å². The lowest BCUT2D eigenvalue weighted by Gasteiger charge is -2.20. The molecule has 2 aromatic rings. The second-order valence-electron chi connectivity index (χ2n) is 5.23. The summed E-state index contributed by atoms with van der Waals surface area (Å²) in [5.74, 6) is 0.525. The van der Waals surface area contributed by atoms with Gasteiger partial charge in [-0.25, -0.2) is 4.98 Å². The predicted molar refractivity (Wildman–Crippen MR) is 79.1 cm³/mol. The highest BCUT2D eigenvalue weighted by atomic mass is 32.1. The number of nitrogens with one attached hydrogen (secondary N) is 2. The van der Waals surface area contributed by atoms with Crippen molar-refractivity contribution >= 4 is 21.6 Å². The van der Waals surface area contributed by atoms with Crippen LogP contribution in [0.25, 0.3) is 10.2 Å². The number of aliphatic hydroxyl groups is 2. The summed E-state index contributed by atoms with van der Waals surface area (Å²) in [6.45, 7) is 5.64. The number of fused-ring (bicyclic) bond motifs is 1. The number of aryl methyl sites for hydroxylation is 2. The van der Waals surface area contributed by atoms with Gasteiger partial charge in [-0.3, -0.25) is 4.79 Å². The van der Waals surface area contributed by atoms with Crippen molar-refractivity contribution in [3.63, 3.8) is 0 Å². The maximum absolute atomic E-state index is 12.0. The van der Waals surface area contributed by atoms with Gasteiger partial charge in [0.1, 0.15) is 10.7 Å². The predicted octanol–water partition coefficient (Wildman–Crippen LogP) is 0.434. The topological polar surface area (TPSA) is 98.2 Å². The molecular weight excluding hydrogens is 278 g/mol. The van der Waals surface area contributed by atoms with Crippen LogP contribution in [-0.2, 0) is 6.54 Å². The maximum atomic E-state index is 12.0. The molecule has 0 spiro atoms. The zero-order valence-corrected chi connectivity index (χ0v) is 12.6. The molecule has 1 unspecified atom stereocenters. The van der Waals surface area contributed by atoms with E-state index >= 15 is 0 Å². The lowest BCUT2D eigenvalue weighted by Crippen LogP contribution is -2.41. The maximum Gasteiger partial charge on any atom is 0.259 e. The molecular formula is C13H19N3O3S. The summed E-state index contributed by atoms with van der Waals surface area (Å²) in [7, 11) is 0. The molecule has 0 saturated heterocycles. The zero-order chi connectivity index (χ0) is 14.9. The summed E-state index contributed by atoms with van der Waals surface area (Å²) in [5.41, 5.74) is -0.343. The van der Waals surface area contributed by atoms with Crippen LogP contribution in [0, 0.1) is 13.8 Å². The summed E-state index contributed by atoms with van der Waals surface area (Å²) in [6.07, 6.45) is 0. The van der Waals surface area contributed by atoms with Crippen molar-refractivity contribution in [3.05, 3.63) is 26.6 Å². The smallest absolute Gasteiger partial charge is 0.259 e. The van der Waals surface area contributed by atoms with Gasteiger partial charge in [0, 0.05) is 11.4 Å². The minimum atomic E-state index is -1.18. The highest BCUT2D eigenvalue weighted by Gasteiger charge is 2.18. The molecule has 0 aliphatic carbocycles. The number of aromatic nitrogens is 2. The van der Waals surface area contributed by atoms with Crippen LogP contribution in [0.4, 0.5) is 0 Å². The van der Waals surface area contributed by atoms with Crippen LogP contribution in [0.5, 0.6) is 0 Å². The van der Waals surface area contributed by atoms with Crippen molar-refractivity contribution in [2.75, 3.05) is 13.2 Å². The largest absolute Gasteiger partial charge is 0.393 e. The second-order valence-corrected chi connectivity index (χ2v) is 6.44. The SMILES string of the molecule is Cc1sc2nc(CNCC(C)(O)CO)[nH]c(=O)c2c1C. The molecule has 0 saturated carbocycles. The quantitative estimate of drug-likeness (QED) is 0.642. The van der Waals surface area contributed by atoms with Crippen molar-refractivity contribution in [2.24, 2.45) is 0 Å². The molecule has 7 heteroatoms. The Hall–Kier alpha value is -1.28. The monoisotopic (exact) mass is 297 g/mol. The molecule has 20 heavy (non-hydrogen) atoms. The average molecular weight is 297 g/mol. The van der Waals surface area contributed by atoms with Crippen molar-refractivity contribution in [1.82, 2.24) is 15.3 Å². The third-order valence-corrected chi connectivity index (χ3v) is 4.33. The molecule has 0 aliphatic rings. The minimum absolute atomic E-state index is 0.137. The highest BCUT2D eigenvalue weighted by Crippen LogP contribution is 2.25. The number of nitrogens with zero attached hydrogens (tertiary/aromatic N) is 1. The van der Waals surface area contributed by atoms with E-state index in [-0.39, 0.29) is 18.7 Å². The van der Waals surface area contributed by atoms with E-state index in [0.29, 0.717) is 17.8 Å². The Balaban J connectivity index is 2.18. The Morgan fingerprint density at radius 2 is 2.15 bits per heavy atom. The van der Waals surface area contributed by atoms with Gasteiger partial charge in [-0.05, 0) is 26.3 Å². The lowest BCUT2D eigenvalue weighted by molar-refractivity contribution is 0.00243. The van der Waals surface area contributed by atoms with Gasteiger partial charge in [0.25, 0.3) is 5.56 Å². The fourth-order valence-corrected chi connectivity index (χ4v) is 2.94. The van der Waals surface area contributed by atoms with Crippen molar-refractivity contribution in [2.45, 2.75) is 32.9 Å². The van der Waals surface area contributed by atoms with Crippen molar-refractivity contribution < 1.29 is 10.2 Å². The molecule has 2 rings (SSSR count). The summed E-state index contributed by atoms with van der Waals surface area (Å²) < 4.78 is 0. The first-order chi connectivity index (χ1) is 9.34. The van der Waals surface area contributed by atoms with Crippen molar-refractivity contribution in [3.8, 4) is 0 Å². The van der Waals surface area contributed by atoms with E-state index in [9.17, 15) is 9.90 Å². The first kappa shape index (κ1) is 15.1. The van der Waals surface area contributed by atoms with Gasteiger partial charge in [-0.2, -0.15) is 0 Å². The Morgan fingerprint density at radius 1 is 1.45 bits per heavy atom. The molecule has 1 atom stereocenters.